The molecule has 0 amide bonds. The standard InChI is InChI=1S/C19H23N3O2.C2H2O4/c23-22(24)19-13-17(15-20-14-16-7-3-1-4-8-16)9-10-18(19)21-11-5-2-6-12-21;3-1(4)2(5)6/h1,3-4,7-10,13,20H,2,5-6,11-12,14-15H2;(H,3,4)(H,5,6). The predicted molar refractivity (Wildman–Crippen MR) is 111 cm³/mol. The Balaban J connectivity index is 0.000000469. The molecule has 0 bridgehead atoms. The average Bonchev–Trinajstić information content (AvgIpc) is 2.75. The largest absolute Gasteiger partial charge is 0.473 e. The van der Waals surface area contributed by atoms with Gasteiger partial charge in [-0.1, -0.05) is 36.4 Å². The normalized spacial score (nSPS) is 13.1. The second kappa shape index (κ2) is 11.5. The molecule has 1 aliphatic heterocycles. The minimum atomic E-state index is -1.82. The van der Waals surface area contributed by atoms with Crippen molar-refractivity contribution in [1.82, 2.24) is 5.32 Å². The highest BCUT2D eigenvalue weighted by Crippen LogP contribution is 2.31. The van der Waals surface area contributed by atoms with Gasteiger partial charge < -0.3 is 20.4 Å². The minimum Gasteiger partial charge on any atom is -0.473 e. The molecule has 0 saturated carbocycles. The molecule has 1 aliphatic rings. The fourth-order valence-electron chi connectivity index (χ4n) is 3.17. The molecule has 0 aliphatic carbocycles. The summed E-state index contributed by atoms with van der Waals surface area (Å²) in [4.78, 5) is 31.6. The third kappa shape index (κ3) is 7.17. The van der Waals surface area contributed by atoms with E-state index in [4.69, 9.17) is 19.8 Å². The molecule has 3 rings (SSSR count). The molecule has 0 spiro atoms. The third-order valence-electron chi connectivity index (χ3n) is 4.62. The quantitative estimate of drug-likeness (QED) is 0.372. The lowest BCUT2D eigenvalue weighted by Crippen LogP contribution is -2.30. The monoisotopic (exact) mass is 415 g/mol. The maximum atomic E-state index is 11.5. The summed E-state index contributed by atoms with van der Waals surface area (Å²) < 4.78 is 0. The first-order valence-corrected chi connectivity index (χ1v) is 9.61. The van der Waals surface area contributed by atoms with Gasteiger partial charge in [0.2, 0.25) is 0 Å². The lowest BCUT2D eigenvalue weighted by atomic mass is 10.1. The maximum absolute atomic E-state index is 11.5. The van der Waals surface area contributed by atoms with Crippen molar-refractivity contribution in [2.75, 3.05) is 18.0 Å². The van der Waals surface area contributed by atoms with Crippen LogP contribution in [0.25, 0.3) is 0 Å². The van der Waals surface area contributed by atoms with Gasteiger partial charge in [-0.3, -0.25) is 10.1 Å². The van der Waals surface area contributed by atoms with Crippen molar-refractivity contribution in [3.05, 3.63) is 69.8 Å². The highest BCUT2D eigenvalue weighted by molar-refractivity contribution is 6.27. The van der Waals surface area contributed by atoms with Gasteiger partial charge in [0.05, 0.1) is 4.92 Å². The van der Waals surface area contributed by atoms with Crippen molar-refractivity contribution in [3.8, 4) is 0 Å². The molecule has 0 unspecified atom stereocenters. The number of anilines is 1. The first-order chi connectivity index (χ1) is 14.4. The van der Waals surface area contributed by atoms with Gasteiger partial charge >= 0.3 is 11.9 Å². The fraction of sp³-hybridized carbons (Fsp3) is 0.333. The van der Waals surface area contributed by atoms with Gasteiger partial charge in [0.25, 0.3) is 5.69 Å². The highest BCUT2D eigenvalue weighted by Gasteiger charge is 2.21. The molecule has 30 heavy (non-hydrogen) atoms. The van der Waals surface area contributed by atoms with Crippen LogP contribution in [0.1, 0.15) is 30.4 Å². The number of nitro benzene ring substituents is 1. The van der Waals surface area contributed by atoms with Crippen LogP contribution in [-0.4, -0.2) is 40.2 Å². The molecule has 2 aromatic rings. The van der Waals surface area contributed by atoms with Crippen LogP contribution in [-0.2, 0) is 22.7 Å². The third-order valence-corrected chi connectivity index (χ3v) is 4.62. The van der Waals surface area contributed by atoms with E-state index in [0.717, 1.165) is 43.7 Å². The summed E-state index contributed by atoms with van der Waals surface area (Å²) in [6, 6.07) is 15.8. The van der Waals surface area contributed by atoms with E-state index in [1.807, 2.05) is 30.3 Å². The fourth-order valence-corrected chi connectivity index (χ4v) is 3.17. The lowest BCUT2D eigenvalue weighted by Gasteiger charge is -2.28. The Morgan fingerprint density at radius 2 is 1.53 bits per heavy atom. The first kappa shape index (κ1) is 22.8. The number of carboxylic acids is 2. The van der Waals surface area contributed by atoms with Gasteiger partial charge in [0.1, 0.15) is 5.69 Å². The van der Waals surface area contributed by atoms with Gasteiger partial charge in [-0.15, -0.1) is 0 Å². The number of nitro groups is 1. The molecule has 1 fully saturated rings. The van der Waals surface area contributed by atoms with E-state index in [0.29, 0.717) is 6.54 Å². The number of rotatable bonds is 6. The van der Waals surface area contributed by atoms with Crippen molar-refractivity contribution in [3.63, 3.8) is 0 Å². The van der Waals surface area contributed by atoms with E-state index < -0.39 is 11.9 Å². The molecule has 160 valence electrons. The van der Waals surface area contributed by atoms with Crippen LogP contribution in [0.15, 0.2) is 48.5 Å². The summed E-state index contributed by atoms with van der Waals surface area (Å²) in [7, 11) is 0. The predicted octanol–water partition coefficient (Wildman–Crippen LogP) is 3.03. The van der Waals surface area contributed by atoms with E-state index in [-0.39, 0.29) is 10.6 Å². The van der Waals surface area contributed by atoms with Crippen LogP contribution >= 0.6 is 0 Å². The minimum absolute atomic E-state index is 0.218. The lowest BCUT2D eigenvalue weighted by molar-refractivity contribution is -0.384. The molecular formula is C21H25N3O6. The van der Waals surface area contributed by atoms with Gasteiger partial charge in [0, 0.05) is 32.2 Å². The summed E-state index contributed by atoms with van der Waals surface area (Å²) in [6.07, 6.45) is 3.43. The summed E-state index contributed by atoms with van der Waals surface area (Å²) in [5.74, 6) is -3.65. The second-order valence-electron chi connectivity index (χ2n) is 6.83. The Bertz CT molecular complexity index is 854. The van der Waals surface area contributed by atoms with Gasteiger partial charge in [-0.25, -0.2) is 9.59 Å². The number of hydrogen-bond donors (Lipinski definition) is 3. The van der Waals surface area contributed by atoms with Gasteiger partial charge in [-0.05, 0) is 36.5 Å². The van der Waals surface area contributed by atoms with Crippen LogP contribution in [0, 0.1) is 10.1 Å². The molecule has 9 heteroatoms. The molecule has 0 atom stereocenters. The van der Waals surface area contributed by atoms with Crippen LogP contribution in [0.3, 0.4) is 0 Å². The van der Waals surface area contributed by atoms with E-state index >= 15 is 0 Å². The van der Waals surface area contributed by atoms with Crippen LogP contribution < -0.4 is 10.2 Å². The molecule has 3 N–H and O–H groups in total. The number of benzene rings is 2. The maximum Gasteiger partial charge on any atom is 0.414 e. The topological polar surface area (TPSA) is 133 Å². The Morgan fingerprint density at radius 3 is 2.10 bits per heavy atom. The zero-order valence-corrected chi connectivity index (χ0v) is 16.5. The summed E-state index contributed by atoms with van der Waals surface area (Å²) in [6.45, 7) is 3.19. The summed E-state index contributed by atoms with van der Waals surface area (Å²) in [5.41, 5.74) is 3.12. The van der Waals surface area contributed by atoms with Crippen molar-refractivity contribution in [1.29, 1.82) is 0 Å². The molecule has 1 heterocycles. The summed E-state index contributed by atoms with van der Waals surface area (Å²) >= 11 is 0. The van der Waals surface area contributed by atoms with E-state index in [2.05, 4.69) is 22.3 Å². The van der Waals surface area contributed by atoms with E-state index in [1.54, 1.807) is 6.07 Å². The molecule has 0 aromatic heterocycles. The first-order valence-electron chi connectivity index (χ1n) is 9.61. The molecule has 0 radical (unpaired) electrons. The Hall–Kier alpha value is -3.46. The number of nitrogens with zero attached hydrogens (tertiary/aromatic N) is 2. The number of piperidine rings is 1. The van der Waals surface area contributed by atoms with Crippen molar-refractivity contribution >= 4 is 23.3 Å². The number of nitrogens with one attached hydrogen (secondary N) is 1. The highest BCUT2D eigenvalue weighted by atomic mass is 16.6. The zero-order valence-electron chi connectivity index (χ0n) is 16.5. The SMILES string of the molecule is O=C(O)C(=O)O.O=[N+]([O-])c1cc(CNCc2ccccc2)ccc1N1CCCCC1. The van der Waals surface area contributed by atoms with Crippen molar-refractivity contribution in [2.45, 2.75) is 32.4 Å². The average molecular weight is 415 g/mol. The summed E-state index contributed by atoms with van der Waals surface area (Å²) in [5, 5.41) is 29.6. The zero-order chi connectivity index (χ0) is 21.9. The number of carbonyl (C=O) groups is 2. The molecule has 1 saturated heterocycles. The van der Waals surface area contributed by atoms with Gasteiger partial charge in [0.15, 0.2) is 0 Å². The van der Waals surface area contributed by atoms with E-state index in [9.17, 15) is 10.1 Å². The molecular weight excluding hydrogens is 390 g/mol. The van der Waals surface area contributed by atoms with Crippen molar-refractivity contribution < 1.29 is 24.7 Å². The Labute approximate surface area is 174 Å². The van der Waals surface area contributed by atoms with Crippen LogP contribution in [0.2, 0.25) is 0 Å². The Morgan fingerprint density at radius 1 is 0.933 bits per heavy atom. The van der Waals surface area contributed by atoms with E-state index in [1.165, 1.54) is 12.0 Å². The second-order valence-corrected chi connectivity index (χ2v) is 6.83. The van der Waals surface area contributed by atoms with Crippen LogP contribution in [0.5, 0.6) is 0 Å². The number of aliphatic carboxylic acids is 2. The smallest absolute Gasteiger partial charge is 0.414 e. The number of hydrogen-bond acceptors (Lipinski definition) is 6. The number of carboxylic acid groups (broad SMARTS) is 2. The Kier molecular flexibility index (Phi) is 8.76. The van der Waals surface area contributed by atoms with Crippen molar-refractivity contribution in [2.24, 2.45) is 0 Å². The van der Waals surface area contributed by atoms with Gasteiger partial charge in [-0.2, -0.15) is 0 Å². The molecule has 2 aromatic carbocycles. The molecule has 9 nitrogen and oxygen atoms in total. The van der Waals surface area contributed by atoms with Crippen LogP contribution in [0.4, 0.5) is 11.4 Å².